The smallest absolute Gasteiger partial charge is 0.410 e. The van der Waals surface area contributed by atoms with Gasteiger partial charge < -0.3 is 19.1 Å². The highest BCUT2D eigenvalue weighted by molar-refractivity contribution is 8.59. The Kier molecular flexibility index (Phi) is 8.42. The van der Waals surface area contributed by atoms with E-state index >= 15 is 0 Å². The molecule has 0 spiro atoms. The van der Waals surface area contributed by atoms with Crippen LogP contribution in [-0.4, -0.2) is 35.1 Å². The average Bonchev–Trinajstić information content (AvgIpc) is 2.44. The summed E-state index contributed by atoms with van der Waals surface area (Å²) < 4.78 is 11.0. The van der Waals surface area contributed by atoms with Gasteiger partial charge >= 0.3 is 6.09 Å². The molecule has 0 saturated carbocycles. The minimum Gasteiger partial charge on any atom is -0.444 e. The Hall–Kier alpha value is -0.590. The second-order valence-corrected chi connectivity index (χ2v) is 12.0. The third kappa shape index (κ3) is 8.56. The summed E-state index contributed by atoms with van der Waals surface area (Å²) in [6.45, 7) is 7.73. The van der Waals surface area contributed by atoms with Crippen LogP contribution in [0.3, 0.4) is 0 Å². The van der Waals surface area contributed by atoms with Crippen molar-refractivity contribution in [2.45, 2.75) is 52.2 Å². The van der Waals surface area contributed by atoms with Crippen molar-refractivity contribution in [2.75, 3.05) is 13.6 Å². The molecule has 2 atom stereocenters. The predicted molar refractivity (Wildman–Crippen MR) is 109 cm³/mol. The molecular weight excluding hydrogens is 377 g/mol. The quantitative estimate of drug-likeness (QED) is 0.508. The second-order valence-electron chi connectivity index (χ2n) is 6.89. The monoisotopic (exact) mass is 405 g/mol. The zero-order chi connectivity index (χ0) is 19.3. The van der Waals surface area contributed by atoms with Crippen molar-refractivity contribution in [1.29, 1.82) is 0 Å². The molecule has 0 heterocycles. The van der Waals surface area contributed by atoms with Gasteiger partial charge in [-0.25, -0.2) is 4.79 Å². The van der Waals surface area contributed by atoms with Crippen LogP contribution in [0.5, 0.6) is 0 Å². The van der Waals surface area contributed by atoms with Gasteiger partial charge in [0.15, 0.2) is 0 Å². The molecule has 0 fully saturated rings. The number of carbonyl (C=O) groups excluding carboxylic acids is 1. The minimum absolute atomic E-state index is 0.204. The summed E-state index contributed by atoms with van der Waals surface area (Å²) >= 11 is 8.95. The van der Waals surface area contributed by atoms with Gasteiger partial charge in [-0.05, 0) is 50.1 Å². The number of nitrogens with zero attached hydrogens (tertiary/aromatic N) is 1. The van der Waals surface area contributed by atoms with Crippen LogP contribution in [0.2, 0.25) is 0 Å². The number of likely N-dealkylation sites (N-methyl/N-ethyl adjacent to an activating group) is 1. The van der Waals surface area contributed by atoms with Gasteiger partial charge in [0.1, 0.15) is 11.7 Å². The summed E-state index contributed by atoms with van der Waals surface area (Å²) in [6.07, 6.45) is 0.806. The number of thiol groups is 1. The largest absolute Gasteiger partial charge is 0.444 e. The first-order valence-electron chi connectivity index (χ1n) is 8.19. The third-order valence-corrected chi connectivity index (χ3v) is 4.40. The molecule has 1 rings (SSSR count). The first-order chi connectivity index (χ1) is 11.4. The van der Waals surface area contributed by atoms with Gasteiger partial charge in [-0.2, -0.15) is 0 Å². The van der Waals surface area contributed by atoms with Gasteiger partial charge in [0, 0.05) is 7.05 Å². The fourth-order valence-corrected chi connectivity index (χ4v) is 3.53. The SMILES string of the molecule is CCCc1ccccc1C(CN(C)C(=O)OC(C)(C)C)OP(O)(=S)S. The molecule has 2 unspecified atom stereocenters. The normalized spacial score (nSPS) is 15.3. The molecule has 0 aromatic heterocycles. The van der Waals surface area contributed by atoms with Crippen LogP contribution < -0.4 is 0 Å². The average molecular weight is 406 g/mol. The number of carbonyl (C=O) groups is 1. The Morgan fingerprint density at radius 1 is 1.40 bits per heavy atom. The van der Waals surface area contributed by atoms with Gasteiger partial charge in [0.2, 0.25) is 5.69 Å². The van der Waals surface area contributed by atoms with Gasteiger partial charge in [0.05, 0.1) is 6.54 Å². The molecular formula is C17H28NO4PS2. The summed E-state index contributed by atoms with van der Waals surface area (Å²) in [6, 6.07) is 7.80. The fraction of sp³-hybridized carbons (Fsp3) is 0.588. The van der Waals surface area contributed by atoms with Crippen LogP contribution in [0.4, 0.5) is 4.79 Å². The first kappa shape index (κ1) is 22.5. The molecule has 1 aromatic carbocycles. The maximum atomic E-state index is 12.3. The lowest BCUT2D eigenvalue weighted by molar-refractivity contribution is 0.0228. The van der Waals surface area contributed by atoms with Crippen molar-refractivity contribution in [2.24, 2.45) is 0 Å². The number of hydrogen-bond donors (Lipinski definition) is 2. The van der Waals surface area contributed by atoms with E-state index < -0.39 is 23.5 Å². The highest BCUT2D eigenvalue weighted by Gasteiger charge is 2.27. The predicted octanol–water partition coefficient (Wildman–Crippen LogP) is 4.71. The Labute approximate surface area is 161 Å². The summed E-state index contributed by atoms with van der Waals surface area (Å²) in [5.41, 5.74) is -1.79. The maximum Gasteiger partial charge on any atom is 0.410 e. The number of aryl methyl sites for hydroxylation is 1. The number of benzene rings is 1. The topological polar surface area (TPSA) is 59.0 Å². The minimum atomic E-state index is -3.20. The van der Waals surface area contributed by atoms with Crippen molar-refractivity contribution in [3.05, 3.63) is 35.4 Å². The summed E-state index contributed by atoms with van der Waals surface area (Å²) in [4.78, 5) is 23.6. The van der Waals surface area contributed by atoms with E-state index in [1.54, 1.807) is 7.05 Å². The lowest BCUT2D eigenvalue weighted by Crippen LogP contribution is -2.37. The summed E-state index contributed by atoms with van der Waals surface area (Å²) in [5, 5.41) is 0. The van der Waals surface area contributed by atoms with Crippen LogP contribution in [-0.2, 0) is 27.5 Å². The zero-order valence-electron chi connectivity index (χ0n) is 15.4. The van der Waals surface area contributed by atoms with Gasteiger partial charge in [-0.15, -0.1) is 0 Å². The Morgan fingerprint density at radius 2 is 2.00 bits per heavy atom. The Bertz CT molecular complexity index is 627. The van der Waals surface area contributed by atoms with Crippen molar-refractivity contribution in [3.63, 3.8) is 0 Å². The first-order valence-corrected chi connectivity index (χ1v) is 12.0. The summed E-state index contributed by atoms with van der Waals surface area (Å²) in [5.74, 6) is 0. The zero-order valence-corrected chi connectivity index (χ0v) is 18.0. The van der Waals surface area contributed by atoms with Crippen molar-refractivity contribution < 1.29 is 18.9 Å². The van der Waals surface area contributed by atoms with E-state index in [2.05, 4.69) is 19.2 Å². The second kappa shape index (κ2) is 9.38. The molecule has 5 nitrogen and oxygen atoms in total. The van der Waals surface area contributed by atoms with Crippen LogP contribution in [0.1, 0.15) is 51.3 Å². The van der Waals surface area contributed by atoms with E-state index in [4.69, 9.17) is 21.1 Å². The number of ether oxygens (including phenoxy) is 1. The van der Waals surface area contributed by atoms with E-state index in [1.807, 2.05) is 45.0 Å². The van der Waals surface area contributed by atoms with Crippen molar-refractivity contribution in [1.82, 2.24) is 4.90 Å². The van der Waals surface area contributed by atoms with Crippen LogP contribution in [0, 0.1) is 0 Å². The standard InChI is InChI=1S/C17H28NO4PS2/c1-6-9-13-10-7-8-11-14(13)15(22-23(20,24)25)12-18(5)16(19)21-17(2,3)4/h7-8,10-11,15H,6,9,12H2,1-5H3,(H2,20,24,25). The molecule has 142 valence electrons. The number of amides is 1. The van der Waals surface area contributed by atoms with Crippen LogP contribution >= 0.6 is 17.9 Å². The molecule has 1 N–H and O–H groups in total. The van der Waals surface area contributed by atoms with E-state index in [1.165, 1.54) is 4.90 Å². The highest BCUT2D eigenvalue weighted by atomic mass is 32.9. The fourth-order valence-electron chi connectivity index (χ4n) is 2.36. The molecule has 0 aliphatic rings. The maximum absolute atomic E-state index is 12.3. The molecule has 0 aliphatic heterocycles. The number of rotatable bonds is 7. The third-order valence-electron chi connectivity index (χ3n) is 3.33. The molecule has 0 aliphatic carbocycles. The molecule has 0 saturated heterocycles. The highest BCUT2D eigenvalue weighted by Crippen LogP contribution is 2.51. The van der Waals surface area contributed by atoms with Gasteiger partial charge in [0.25, 0.3) is 0 Å². The van der Waals surface area contributed by atoms with Crippen LogP contribution in [0.25, 0.3) is 0 Å². The lowest BCUT2D eigenvalue weighted by atomic mass is 9.99. The van der Waals surface area contributed by atoms with Crippen LogP contribution in [0.15, 0.2) is 24.3 Å². The Balaban J connectivity index is 3.06. The Morgan fingerprint density at radius 3 is 2.52 bits per heavy atom. The van der Waals surface area contributed by atoms with Gasteiger partial charge in [-0.3, -0.25) is 0 Å². The van der Waals surface area contributed by atoms with E-state index in [0.717, 1.165) is 24.0 Å². The van der Waals surface area contributed by atoms with E-state index in [-0.39, 0.29) is 6.54 Å². The molecule has 8 heteroatoms. The lowest BCUT2D eigenvalue weighted by Gasteiger charge is -2.29. The van der Waals surface area contributed by atoms with E-state index in [9.17, 15) is 9.69 Å². The van der Waals surface area contributed by atoms with Gasteiger partial charge in [-0.1, -0.05) is 49.9 Å². The van der Waals surface area contributed by atoms with Crippen molar-refractivity contribution >= 4 is 35.8 Å². The summed E-state index contributed by atoms with van der Waals surface area (Å²) in [7, 11) is 1.63. The molecule has 25 heavy (non-hydrogen) atoms. The van der Waals surface area contributed by atoms with E-state index in [0.29, 0.717) is 0 Å². The molecule has 1 amide bonds. The molecule has 1 aromatic rings. The number of hydrogen-bond acceptors (Lipinski definition) is 4. The molecule has 0 radical (unpaired) electrons. The van der Waals surface area contributed by atoms with Crippen molar-refractivity contribution in [3.8, 4) is 0 Å². The molecule has 0 bridgehead atoms.